The molecule has 0 bridgehead atoms. The lowest BCUT2D eigenvalue weighted by Gasteiger charge is -2.05. The zero-order valence-electron chi connectivity index (χ0n) is 14.1. The van der Waals surface area contributed by atoms with E-state index >= 15 is 0 Å². The summed E-state index contributed by atoms with van der Waals surface area (Å²) in [5, 5.41) is 5.98. The number of hydrogen-bond donors (Lipinski definition) is 2. The maximum Gasteiger partial charge on any atom is 0.291 e. The van der Waals surface area contributed by atoms with Crippen molar-refractivity contribution >= 4 is 32.6 Å². The Bertz CT molecular complexity index is 1190. The minimum atomic E-state index is -0.216. The number of thiazole rings is 1. The van der Waals surface area contributed by atoms with Crippen molar-refractivity contribution in [3.63, 3.8) is 0 Å². The van der Waals surface area contributed by atoms with Gasteiger partial charge in [0.1, 0.15) is 10.5 Å². The molecule has 8 nitrogen and oxygen atoms in total. The zero-order valence-corrected chi connectivity index (χ0v) is 14.9. The van der Waals surface area contributed by atoms with Gasteiger partial charge in [0.05, 0.1) is 17.4 Å². The summed E-state index contributed by atoms with van der Waals surface area (Å²) in [5.74, 6) is 0. The fourth-order valence-electron chi connectivity index (χ4n) is 2.90. The van der Waals surface area contributed by atoms with Gasteiger partial charge in [-0.15, -0.1) is 11.3 Å². The molecule has 0 aliphatic carbocycles. The highest BCUT2D eigenvalue weighted by atomic mass is 32.1. The van der Waals surface area contributed by atoms with Crippen LogP contribution in [0.1, 0.15) is 10.7 Å². The summed E-state index contributed by atoms with van der Waals surface area (Å²) in [7, 11) is 1.84. The molecule has 9 heteroatoms. The molecule has 4 aromatic heterocycles. The predicted molar refractivity (Wildman–Crippen MR) is 102 cm³/mol. The van der Waals surface area contributed by atoms with Crippen LogP contribution < -0.4 is 17.0 Å². The molecule has 0 aliphatic heterocycles. The zero-order chi connectivity index (χ0) is 18.3. The van der Waals surface area contributed by atoms with Gasteiger partial charge in [-0.3, -0.25) is 9.78 Å². The van der Waals surface area contributed by atoms with Crippen LogP contribution in [0.3, 0.4) is 0 Å². The summed E-state index contributed by atoms with van der Waals surface area (Å²) in [6.07, 6.45) is 5.38. The molecule has 0 atom stereocenters. The first-order valence-electron chi connectivity index (χ1n) is 7.98. The Morgan fingerprint density at radius 2 is 2.23 bits per heavy atom. The third-order valence-corrected chi connectivity index (χ3v) is 5.25. The predicted octanol–water partition coefficient (Wildman–Crippen LogP) is 1.09. The first-order chi connectivity index (χ1) is 12.6. The lowest BCUT2D eigenvalue weighted by Crippen LogP contribution is -2.26. The van der Waals surface area contributed by atoms with Gasteiger partial charge < -0.3 is 16.0 Å². The maximum atomic E-state index is 12.8. The normalized spacial score (nSPS) is 12.3. The van der Waals surface area contributed by atoms with Crippen LogP contribution in [-0.2, 0) is 20.0 Å². The Morgan fingerprint density at radius 3 is 2.96 bits per heavy atom. The van der Waals surface area contributed by atoms with Crippen LogP contribution in [0.2, 0.25) is 0 Å². The first-order valence-corrected chi connectivity index (χ1v) is 8.80. The van der Waals surface area contributed by atoms with Crippen LogP contribution >= 0.6 is 11.3 Å². The summed E-state index contributed by atoms with van der Waals surface area (Å²) >= 11 is 1.56. The Morgan fingerprint density at radius 1 is 1.38 bits per heavy atom. The molecular formula is C17H17N7OS. The highest BCUT2D eigenvalue weighted by Gasteiger charge is 2.18. The van der Waals surface area contributed by atoms with E-state index in [4.69, 9.17) is 16.5 Å². The molecule has 26 heavy (non-hydrogen) atoms. The third-order valence-electron chi connectivity index (χ3n) is 4.17. The second kappa shape index (κ2) is 6.26. The SMILES string of the molecule is Cn1c2nc(Cc3ccccn3)sc2c2cnn(C/C(N)=C/N)c(=O)c21. The topological polar surface area (TPSA) is 118 Å². The van der Waals surface area contributed by atoms with E-state index in [2.05, 4.69) is 10.1 Å². The number of fused-ring (bicyclic) bond motifs is 3. The average molecular weight is 367 g/mol. The molecule has 0 unspecified atom stereocenters. The smallest absolute Gasteiger partial charge is 0.291 e. The Labute approximate surface area is 152 Å². The summed E-state index contributed by atoms with van der Waals surface area (Å²) in [4.78, 5) is 21.8. The molecule has 0 spiro atoms. The molecule has 4 heterocycles. The van der Waals surface area contributed by atoms with Crippen molar-refractivity contribution in [2.45, 2.75) is 13.0 Å². The van der Waals surface area contributed by atoms with Crippen LogP contribution in [0.25, 0.3) is 21.3 Å². The summed E-state index contributed by atoms with van der Waals surface area (Å²) in [6, 6.07) is 5.82. The van der Waals surface area contributed by atoms with E-state index in [0.717, 1.165) is 26.4 Å². The van der Waals surface area contributed by atoms with Gasteiger partial charge in [0.2, 0.25) is 0 Å². The molecule has 4 N–H and O–H groups in total. The van der Waals surface area contributed by atoms with Crippen LogP contribution in [0, 0.1) is 0 Å². The monoisotopic (exact) mass is 367 g/mol. The molecule has 0 amide bonds. The molecule has 4 aromatic rings. The lowest BCUT2D eigenvalue weighted by molar-refractivity contribution is 0.631. The number of nitrogens with zero attached hydrogens (tertiary/aromatic N) is 5. The Hall–Kier alpha value is -3.20. The van der Waals surface area contributed by atoms with E-state index in [1.54, 1.807) is 23.7 Å². The molecule has 0 aliphatic rings. The van der Waals surface area contributed by atoms with Gasteiger partial charge in [-0.25, -0.2) is 9.67 Å². The quantitative estimate of drug-likeness (QED) is 0.557. The van der Waals surface area contributed by atoms with E-state index in [-0.39, 0.29) is 12.1 Å². The van der Waals surface area contributed by atoms with Gasteiger partial charge in [-0.05, 0) is 12.1 Å². The molecule has 4 rings (SSSR count). The van der Waals surface area contributed by atoms with Gasteiger partial charge in [0.15, 0.2) is 5.65 Å². The Balaban J connectivity index is 1.82. The van der Waals surface area contributed by atoms with E-state index in [1.165, 1.54) is 10.9 Å². The second-order valence-electron chi connectivity index (χ2n) is 5.93. The third kappa shape index (κ3) is 2.62. The molecule has 0 fully saturated rings. The number of pyridine rings is 1. The van der Waals surface area contributed by atoms with Gasteiger partial charge >= 0.3 is 0 Å². The molecule has 0 saturated heterocycles. The van der Waals surface area contributed by atoms with E-state index < -0.39 is 0 Å². The molecule has 0 aromatic carbocycles. The fourth-order valence-corrected chi connectivity index (χ4v) is 4.03. The lowest BCUT2D eigenvalue weighted by atomic mass is 10.3. The van der Waals surface area contributed by atoms with Crippen molar-refractivity contribution in [3.8, 4) is 0 Å². The van der Waals surface area contributed by atoms with Crippen LogP contribution in [0.5, 0.6) is 0 Å². The minimum absolute atomic E-state index is 0.155. The standard InChI is InChI=1S/C17H17N7OS/c1-23-14-12(8-21-24(17(14)25)9-10(19)7-18)15-16(23)22-13(26-15)6-11-4-2-3-5-20-11/h2-5,7-8H,6,9,18-19H2,1H3/b10-7-. The summed E-state index contributed by atoms with van der Waals surface area (Å²) in [6.45, 7) is 0.155. The van der Waals surface area contributed by atoms with Crippen molar-refractivity contribution in [1.82, 2.24) is 24.3 Å². The number of hydrogen-bond acceptors (Lipinski definition) is 7. The van der Waals surface area contributed by atoms with Gasteiger partial charge in [0, 0.05) is 42.6 Å². The highest BCUT2D eigenvalue weighted by Crippen LogP contribution is 2.31. The molecule has 0 saturated carbocycles. The number of allylic oxidation sites excluding steroid dienone is 1. The number of aromatic nitrogens is 5. The van der Waals surface area contributed by atoms with Crippen LogP contribution in [-0.4, -0.2) is 24.3 Å². The second-order valence-corrected chi connectivity index (χ2v) is 7.01. The maximum absolute atomic E-state index is 12.8. The molecule has 132 valence electrons. The van der Waals surface area contributed by atoms with E-state index in [0.29, 0.717) is 17.6 Å². The van der Waals surface area contributed by atoms with Crippen molar-refractivity contribution < 1.29 is 0 Å². The van der Waals surface area contributed by atoms with Crippen molar-refractivity contribution in [2.24, 2.45) is 18.5 Å². The minimum Gasteiger partial charge on any atom is -0.403 e. The van der Waals surface area contributed by atoms with E-state index in [1.807, 2.05) is 29.8 Å². The van der Waals surface area contributed by atoms with Gasteiger partial charge in [0.25, 0.3) is 5.56 Å². The largest absolute Gasteiger partial charge is 0.403 e. The average Bonchev–Trinajstić information content (AvgIpc) is 3.17. The number of nitrogens with two attached hydrogens (primary N) is 2. The number of rotatable bonds is 4. The van der Waals surface area contributed by atoms with Crippen LogP contribution in [0.4, 0.5) is 0 Å². The highest BCUT2D eigenvalue weighted by molar-refractivity contribution is 7.19. The Kier molecular flexibility index (Phi) is 3.92. The van der Waals surface area contributed by atoms with Gasteiger partial charge in [-0.2, -0.15) is 5.10 Å². The van der Waals surface area contributed by atoms with Crippen molar-refractivity contribution in [2.75, 3.05) is 0 Å². The van der Waals surface area contributed by atoms with Crippen molar-refractivity contribution in [1.29, 1.82) is 0 Å². The fraction of sp³-hybridized carbons (Fsp3) is 0.176. The molecule has 0 radical (unpaired) electrons. The molecular weight excluding hydrogens is 350 g/mol. The van der Waals surface area contributed by atoms with E-state index in [9.17, 15) is 4.79 Å². The van der Waals surface area contributed by atoms with Crippen LogP contribution in [0.15, 0.2) is 47.3 Å². The summed E-state index contributed by atoms with van der Waals surface area (Å²) < 4.78 is 4.07. The summed E-state index contributed by atoms with van der Waals surface area (Å²) in [5.41, 5.74) is 13.6. The number of aryl methyl sites for hydroxylation is 1. The van der Waals surface area contributed by atoms with Crippen molar-refractivity contribution in [3.05, 3.63) is 63.5 Å². The first kappa shape index (κ1) is 16.3. The van der Waals surface area contributed by atoms with Gasteiger partial charge in [-0.1, -0.05) is 6.07 Å².